The molecule has 0 aromatic rings. The normalized spacial score (nSPS) is 16.3. The van der Waals surface area contributed by atoms with Gasteiger partial charge in [-0.3, -0.25) is 15.0 Å². The second-order valence-electron chi connectivity index (χ2n) is 4.72. The van der Waals surface area contributed by atoms with Gasteiger partial charge >= 0.3 is 12.1 Å². The molecule has 0 aliphatic carbocycles. The van der Waals surface area contributed by atoms with Crippen LogP contribution in [-0.4, -0.2) is 53.9 Å². The van der Waals surface area contributed by atoms with Crippen LogP contribution < -0.4 is 5.32 Å². The number of hydrogen-bond acceptors (Lipinski definition) is 3. The van der Waals surface area contributed by atoms with Gasteiger partial charge in [-0.25, -0.2) is 0 Å². The van der Waals surface area contributed by atoms with Crippen molar-refractivity contribution in [2.75, 3.05) is 20.1 Å². The zero-order valence-electron chi connectivity index (χ0n) is 10.4. The smallest absolute Gasteiger partial charge is 0.401 e. The van der Waals surface area contributed by atoms with Crippen LogP contribution in [-0.2, 0) is 4.79 Å². The van der Waals surface area contributed by atoms with Crippen LogP contribution in [0, 0.1) is 0 Å². The molecule has 2 N–H and O–H groups in total. The molecule has 4 nitrogen and oxygen atoms in total. The van der Waals surface area contributed by atoms with E-state index in [9.17, 15) is 18.0 Å². The summed E-state index contributed by atoms with van der Waals surface area (Å²) in [4.78, 5) is 12.0. The highest BCUT2D eigenvalue weighted by atomic mass is 19.4. The molecule has 0 spiro atoms. The molecule has 0 aromatic heterocycles. The first kappa shape index (κ1) is 16.2. The average Bonchev–Trinajstić information content (AvgIpc) is 1.96. The van der Waals surface area contributed by atoms with Crippen molar-refractivity contribution in [2.24, 2.45) is 0 Å². The molecule has 0 bridgehead atoms. The van der Waals surface area contributed by atoms with E-state index in [2.05, 4.69) is 5.32 Å². The molecule has 0 rings (SSSR count). The number of aliphatic carboxylic acids is 1. The molecule has 0 saturated heterocycles. The van der Waals surface area contributed by atoms with E-state index < -0.39 is 24.2 Å². The van der Waals surface area contributed by atoms with Crippen LogP contribution in [0.3, 0.4) is 0 Å². The van der Waals surface area contributed by atoms with Crippen LogP contribution >= 0.6 is 0 Å². The Morgan fingerprint density at radius 3 is 2.12 bits per heavy atom. The van der Waals surface area contributed by atoms with Crippen molar-refractivity contribution in [1.82, 2.24) is 10.2 Å². The van der Waals surface area contributed by atoms with E-state index in [-0.39, 0.29) is 12.6 Å². The monoisotopic (exact) mass is 256 g/mol. The van der Waals surface area contributed by atoms with Gasteiger partial charge in [0.1, 0.15) is 5.54 Å². The quantitative estimate of drug-likeness (QED) is 0.752. The predicted octanol–water partition coefficient (Wildman–Crippen LogP) is 1.32. The van der Waals surface area contributed by atoms with E-state index in [0.29, 0.717) is 0 Å². The summed E-state index contributed by atoms with van der Waals surface area (Å²) in [5.41, 5.74) is -1.39. The van der Waals surface area contributed by atoms with Crippen molar-refractivity contribution in [2.45, 2.75) is 38.5 Å². The van der Waals surface area contributed by atoms with Gasteiger partial charge in [0.2, 0.25) is 0 Å². The molecule has 0 aliphatic rings. The Labute approximate surface area is 98.8 Å². The Hall–Kier alpha value is -0.820. The van der Waals surface area contributed by atoms with Crippen LogP contribution in [0.5, 0.6) is 0 Å². The third-order valence-corrected chi connectivity index (χ3v) is 2.11. The van der Waals surface area contributed by atoms with Gasteiger partial charge in [-0.05, 0) is 27.8 Å². The van der Waals surface area contributed by atoms with E-state index in [1.165, 1.54) is 14.0 Å². The molecule has 0 heterocycles. The van der Waals surface area contributed by atoms with Crippen molar-refractivity contribution < 1.29 is 23.1 Å². The number of carboxylic acids is 1. The Morgan fingerprint density at radius 2 is 1.82 bits per heavy atom. The van der Waals surface area contributed by atoms with Crippen molar-refractivity contribution in [3.63, 3.8) is 0 Å². The van der Waals surface area contributed by atoms with Crippen molar-refractivity contribution in [3.8, 4) is 0 Å². The highest BCUT2D eigenvalue weighted by Gasteiger charge is 2.37. The van der Waals surface area contributed by atoms with Gasteiger partial charge in [0.25, 0.3) is 0 Å². The highest BCUT2D eigenvalue weighted by molar-refractivity contribution is 5.78. The lowest BCUT2D eigenvalue weighted by Gasteiger charge is -2.33. The van der Waals surface area contributed by atoms with Gasteiger partial charge in [0, 0.05) is 12.6 Å². The van der Waals surface area contributed by atoms with Gasteiger partial charge in [0.15, 0.2) is 0 Å². The molecule has 0 saturated carbocycles. The van der Waals surface area contributed by atoms with Gasteiger partial charge in [0.05, 0.1) is 6.54 Å². The van der Waals surface area contributed by atoms with E-state index >= 15 is 0 Å². The number of carboxylic acid groups (broad SMARTS) is 1. The summed E-state index contributed by atoms with van der Waals surface area (Å²) >= 11 is 0. The Kier molecular flexibility index (Phi) is 5.41. The van der Waals surface area contributed by atoms with E-state index in [1.54, 1.807) is 13.8 Å². The Morgan fingerprint density at radius 1 is 1.35 bits per heavy atom. The fourth-order valence-electron chi connectivity index (χ4n) is 1.71. The topological polar surface area (TPSA) is 52.6 Å². The third-order valence-electron chi connectivity index (χ3n) is 2.11. The van der Waals surface area contributed by atoms with E-state index in [1.807, 2.05) is 0 Å². The van der Waals surface area contributed by atoms with Gasteiger partial charge in [-0.15, -0.1) is 0 Å². The average molecular weight is 256 g/mol. The molecule has 1 unspecified atom stereocenters. The van der Waals surface area contributed by atoms with E-state index in [0.717, 1.165) is 4.90 Å². The lowest BCUT2D eigenvalue weighted by atomic mass is 10.0. The molecule has 17 heavy (non-hydrogen) atoms. The summed E-state index contributed by atoms with van der Waals surface area (Å²) in [6, 6.07) is -0.129. The number of rotatable bonds is 6. The molecule has 0 aliphatic heterocycles. The number of carbonyl (C=O) groups is 1. The number of alkyl halides is 3. The van der Waals surface area contributed by atoms with Crippen molar-refractivity contribution in [1.29, 1.82) is 0 Å². The highest BCUT2D eigenvalue weighted by Crippen LogP contribution is 2.17. The summed E-state index contributed by atoms with van der Waals surface area (Å²) in [7, 11) is 1.25. The predicted molar refractivity (Wildman–Crippen MR) is 57.9 cm³/mol. The SMILES string of the molecule is CC(C)NC(C)(CN(C)CC(F)(F)F)C(=O)O. The first-order valence-corrected chi connectivity index (χ1v) is 5.22. The van der Waals surface area contributed by atoms with Crippen LogP contribution in [0.1, 0.15) is 20.8 Å². The largest absolute Gasteiger partial charge is 0.480 e. The summed E-state index contributed by atoms with van der Waals surface area (Å²) in [5, 5.41) is 11.8. The second kappa shape index (κ2) is 5.68. The van der Waals surface area contributed by atoms with Crippen molar-refractivity contribution >= 4 is 5.97 Å². The number of likely N-dealkylation sites (N-methyl/N-ethyl adjacent to an activating group) is 1. The van der Waals surface area contributed by atoms with Crippen LogP contribution in [0.4, 0.5) is 13.2 Å². The summed E-state index contributed by atoms with van der Waals surface area (Å²) < 4.78 is 36.4. The zero-order valence-corrected chi connectivity index (χ0v) is 10.4. The van der Waals surface area contributed by atoms with Crippen LogP contribution in [0.25, 0.3) is 0 Å². The number of hydrogen-bond donors (Lipinski definition) is 2. The second-order valence-corrected chi connectivity index (χ2v) is 4.72. The summed E-state index contributed by atoms with van der Waals surface area (Å²) in [5.74, 6) is -1.17. The molecule has 0 amide bonds. The fraction of sp³-hybridized carbons (Fsp3) is 0.900. The summed E-state index contributed by atoms with van der Waals surface area (Å²) in [6.07, 6.45) is -4.33. The first-order valence-electron chi connectivity index (χ1n) is 5.22. The van der Waals surface area contributed by atoms with Crippen molar-refractivity contribution in [3.05, 3.63) is 0 Å². The Bertz CT molecular complexity index is 269. The molecule has 7 heteroatoms. The molecule has 1 atom stereocenters. The van der Waals surface area contributed by atoms with Gasteiger partial charge in [-0.2, -0.15) is 13.2 Å². The maximum atomic E-state index is 12.1. The molecule has 0 radical (unpaired) electrons. The van der Waals surface area contributed by atoms with Crippen LogP contribution in [0.15, 0.2) is 0 Å². The maximum Gasteiger partial charge on any atom is 0.401 e. The standard InChI is InChI=1S/C10H19F3N2O2/c1-7(2)14-9(3,8(16)17)5-15(4)6-10(11,12)13/h7,14H,5-6H2,1-4H3,(H,16,17). The third kappa shape index (κ3) is 6.48. The van der Waals surface area contributed by atoms with E-state index in [4.69, 9.17) is 5.11 Å². The minimum atomic E-state index is -4.33. The first-order chi connectivity index (χ1) is 7.46. The summed E-state index contributed by atoms with van der Waals surface area (Å²) in [6.45, 7) is 3.51. The number of nitrogens with zero attached hydrogens (tertiary/aromatic N) is 1. The molecule has 102 valence electrons. The molecular formula is C10H19F3N2O2. The fourth-order valence-corrected chi connectivity index (χ4v) is 1.71. The Balaban J connectivity index is 4.60. The van der Waals surface area contributed by atoms with Crippen LogP contribution in [0.2, 0.25) is 0 Å². The lowest BCUT2D eigenvalue weighted by Crippen LogP contribution is -2.59. The van der Waals surface area contributed by atoms with Gasteiger partial charge in [-0.1, -0.05) is 0 Å². The lowest BCUT2D eigenvalue weighted by molar-refractivity contribution is -0.154. The minimum Gasteiger partial charge on any atom is -0.480 e. The molecular weight excluding hydrogens is 237 g/mol. The number of nitrogens with one attached hydrogen (secondary N) is 1. The minimum absolute atomic E-state index is 0.129. The zero-order chi connectivity index (χ0) is 13.9. The maximum absolute atomic E-state index is 12.1. The van der Waals surface area contributed by atoms with Gasteiger partial charge < -0.3 is 5.11 Å². The number of halogens is 3. The molecule has 0 fully saturated rings. The molecule has 0 aromatic carbocycles.